The molecule has 0 radical (unpaired) electrons. The molecule has 1 rings (SSSR count). The van der Waals surface area contributed by atoms with Crippen LogP contribution in [0.2, 0.25) is 0 Å². The predicted octanol–water partition coefficient (Wildman–Crippen LogP) is 3.86. The Bertz CT molecular complexity index is 526. The molecule has 0 saturated carbocycles. The number of nitrogens with one attached hydrogen (secondary N) is 1. The Morgan fingerprint density at radius 1 is 1.21 bits per heavy atom. The number of rotatable bonds is 6. The lowest BCUT2D eigenvalue weighted by molar-refractivity contribution is 0.485. The van der Waals surface area contributed by atoms with E-state index in [1.807, 2.05) is 13.8 Å². The third-order valence-electron chi connectivity index (χ3n) is 2.97. The van der Waals surface area contributed by atoms with Gasteiger partial charge in [0.05, 0.1) is 4.90 Å². The van der Waals surface area contributed by atoms with Gasteiger partial charge in [-0.1, -0.05) is 29.8 Å². The van der Waals surface area contributed by atoms with Gasteiger partial charge < -0.3 is 0 Å². The van der Waals surface area contributed by atoms with Gasteiger partial charge in [0.25, 0.3) is 0 Å². The second-order valence-corrected chi connectivity index (χ2v) is 7.97. The molecule has 0 spiro atoms. The zero-order valence-electron chi connectivity index (χ0n) is 11.9. The molecule has 0 bridgehead atoms. The Hall–Kier alpha value is -0.390. The summed E-state index contributed by atoms with van der Waals surface area (Å²) in [5.74, 6) is 0.585. The molecular weight excluding hydrogens is 326 g/mol. The largest absolute Gasteiger partial charge is 0.240 e. The molecule has 0 aliphatic carbocycles. The van der Waals surface area contributed by atoms with Crippen molar-refractivity contribution in [1.29, 1.82) is 0 Å². The number of hydrogen-bond acceptors (Lipinski definition) is 2. The fourth-order valence-electron chi connectivity index (χ4n) is 1.76. The van der Waals surface area contributed by atoms with Crippen LogP contribution in [-0.4, -0.2) is 14.5 Å². The second-order valence-electron chi connectivity index (χ2n) is 5.40. The number of sulfonamides is 1. The summed E-state index contributed by atoms with van der Waals surface area (Å²) in [6.45, 7) is 8.07. The number of halogens is 1. The summed E-state index contributed by atoms with van der Waals surface area (Å²) in [5.41, 5.74) is 0.915. The van der Waals surface area contributed by atoms with Crippen molar-refractivity contribution in [2.24, 2.45) is 5.92 Å². The minimum atomic E-state index is -3.42. The number of aryl methyl sites for hydroxylation is 1. The number of hydrogen-bond donors (Lipinski definition) is 1. The van der Waals surface area contributed by atoms with Gasteiger partial charge in [0.1, 0.15) is 0 Å². The van der Waals surface area contributed by atoms with Gasteiger partial charge >= 0.3 is 0 Å². The van der Waals surface area contributed by atoms with Crippen LogP contribution in [0.15, 0.2) is 27.6 Å². The first-order valence-electron chi connectivity index (χ1n) is 6.51. The van der Waals surface area contributed by atoms with Gasteiger partial charge in [0.15, 0.2) is 0 Å². The normalized spacial score (nSPS) is 13.8. The van der Waals surface area contributed by atoms with E-state index in [9.17, 15) is 8.42 Å². The van der Waals surface area contributed by atoms with Gasteiger partial charge in [-0.2, -0.15) is 0 Å². The van der Waals surface area contributed by atoms with Crippen LogP contribution < -0.4 is 4.72 Å². The Kier molecular flexibility index (Phi) is 6.02. The predicted molar refractivity (Wildman–Crippen MR) is 82.7 cm³/mol. The highest BCUT2D eigenvalue weighted by Crippen LogP contribution is 2.20. The Labute approximate surface area is 125 Å². The molecule has 5 heteroatoms. The minimum absolute atomic E-state index is 0.0450. The molecule has 1 aromatic rings. The van der Waals surface area contributed by atoms with Crippen LogP contribution in [-0.2, 0) is 10.0 Å². The lowest BCUT2D eigenvalue weighted by Crippen LogP contribution is -2.32. The van der Waals surface area contributed by atoms with Crippen LogP contribution in [0, 0.1) is 12.8 Å². The van der Waals surface area contributed by atoms with Crippen molar-refractivity contribution in [3.8, 4) is 0 Å². The molecule has 1 atom stereocenters. The molecule has 1 N–H and O–H groups in total. The zero-order chi connectivity index (χ0) is 14.6. The van der Waals surface area contributed by atoms with Crippen LogP contribution in [0.3, 0.4) is 0 Å². The van der Waals surface area contributed by atoms with E-state index in [4.69, 9.17) is 0 Å². The lowest BCUT2D eigenvalue weighted by atomic mass is 10.1. The third kappa shape index (κ3) is 5.24. The average Bonchev–Trinajstić information content (AvgIpc) is 2.29. The summed E-state index contributed by atoms with van der Waals surface area (Å²) in [6, 6.07) is 5.02. The SMILES string of the molecule is Cc1cc(S(=O)(=O)NC(C)CCC(C)C)ccc1Br. The van der Waals surface area contributed by atoms with Crippen molar-refractivity contribution in [1.82, 2.24) is 4.72 Å². The van der Waals surface area contributed by atoms with E-state index in [1.165, 1.54) is 0 Å². The molecule has 19 heavy (non-hydrogen) atoms. The maximum Gasteiger partial charge on any atom is 0.240 e. The molecule has 1 unspecified atom stereocenters. The van der Waals surface area contributed by atoms with Gasteiger partial charge in [-0.05, 0) is 56.4 Å². The highest BCUT2D eigenvalue weighted by Gasteiger charge is 2.18. The monoisotopic (exact) mass is 347 g/mol. The van der Waals surface area contributed by atoms with Gasteiger partial charge in [-0.15, -0.1) is 0 Å². The standard InChI is InChI=1S/C14H22BrNO2S/c1-10(2)5-6-12(4)16-19(17,18)13-7-8-14(15)11(3)9-13/h7-10,12,16H,5-6H2,1-4H3. The molecule has 0 amide bonds. The van der Waals surface area contributed by atoms with E-state index in [0.717, 1.165) is 22.9 Å². The quantitative estimate of drug-likeness (QED) is 0.849. The zero-order valence-corrected chi connectivity index (χ0v) is 14.3. The minimum Gasteiger partial charge on any atom is -0.208 e. The lowest BCUT2D eigenvalue weighted by Gasteiger charge is -2.15. The summed E-state index contributed by atoms with van der Waals surface area (Å²) >= 11 is 3.37. The first-order valence-corrected chi connectivity index (χ1v) is 8.78. The van der Waals surface area contributed by atoms with Gasteiger partial charge in [0.2, 0.25) is 10.0 Å². The van der Waals surface area contributed by atoms with E-state index in [1.54, 1.807) is 18.2 Å². The summed E-state index contributed by atoms with van der Waals surface area (Å²) < 4.78 is 28.1. The Morgan fingerprint density at radius 3 is 2.37 bits per heavy atom. The van der Waals surface area contributed by atoms with Crippen LogP contribution in [0.5, 0.6) is 0 Å². The average molecular weight is 348 g/mol. The topological polar surface area (TPSA) is 46.2 Å². The van der Waals surface area contributed by atoms with Crippen molar-refractivity contribution in [3.05, 3.63) is 28.2 Å². The summed E-state index contributed by atoms with van der Waals surface area (Å²) in [5, 5.41) is 0. The number of benzene rings is 1. The molecule has 1 aromatic carbocycles. The molecule has 0 aliphatic rings. The van der Waals surface area contributed by atoms with E-state index < -0.39 is 10.0 Å². The fourth-order valence-corrected chi connectivity index (χ4v) is 3.37. The van der Waals surface area contributed by atoms with Crippen LogP contribution in [0.25, 0.3) is 0 Å². The van der Waals surface area contributed by atoms with Crippen molar-refractivity contribution in [2.45, 2.75) is 51.5 Å². The third-order valence-corrected chi connectivity index (χ3v) is 5.45. The van der Waals surface area contributed by atoms with E-state index in [0.29, 0.717) is 10.8 Å². The highest BCUT2D eigenvalue weighted by atomic mass is 79.9. The van der Waals surface area contributed by atoms with Crippen LogP contribution >= 0.6 is 15.9 Å². The first kappa shape index (κ1) is 16.7. The Morgan fingerprint density at radius 2 is 1.84 bits per heavy atom. The summed E-state index contributed by atoms with van der Waals surface area (Å²) in [7, 11) is -3.42. The van der Waals surface area contributed by atoms with Crippen molar-refractivity contribution in [2.75, 3.05) is 0 Å². The summed E-state index contributed by atoms with van der Waals surface area (Å²) in [4.78, 5) is 0.324. The van der Waals surface area contributed by atoms with Crippen LogP contribution in [0.4, 0.5) is 0 Å². The highest BCUT2D eigenvalue weighted by molar-refractivity contribution is 9.10. The van der Waals surface area contributed by atoms with Gasteiger partial charge in [-0.3, -0.25) is 0 Å². The summed E-state index contributed by atoms with van der Waals surface area (Å²) in [6.07, 6.45) is 1.87. The Balaban J connectivity index is 2.77. The van der Waals surface area contributed by atoms with Gasteiger partial charge in [-0.25, -0.2) is 13.1 Å². The molecule has 3 nitrogen and oxygen atoms in total. The van der Waals surface area contributed by atoms with Crippen molar-refractivity contribution >= 4 is 26.0 Å². The van der Waals surface area contributed by atoms with E-state index in [2.05, 4.69) is 34.5 Å². The van der Waals surface area contributed by atoms with Gasteiger partial charge in [0, 0.05) is 10.5 Å². The molecule has 0 aliphatic heterocycles. The molecule has 0 heterocycles. The van der Waals surface area contributed by atoms with Crippen LogP contribution in [0.1, 0.15) is 39.2 Å². The molecule has 108 valence electrons. The van der Waals surface area contributed by atoms with Crippen molar-refractivity contribution < 1.29 is 8.42 Å². The maximum absolute atomic E-state index is 12.2. The second kappa shape index (κ2) is 6.86. The van der Waals surface area contributed by atoms with Crippen molar-refractivity contribution in [3.63, 3.8) is 0 Å². The van der Waals surface area contributed by atoms with E-state index >= 15 is 0 Å². The molecule has 0 saturated heterocycles. The molecule has 0 aromatic heterocycles. The molecule has 0 fully saturated rings. The maximum atomic E-state index is 12.2. The fraction of sp³-hybridized carbons (Fsp3) is 0.571. The molecular formula is C14H22BrNO2S. The smallest absolute Gasteiger partial charge is 0.208 e. The first-order chi connectivity index (χ1) is 8.72. The van der Waals surface area contributed by atoms with E-state index in [-0.39, 0.29) is 6.04 Å².